The standard InChI is InChI=1S/C21H21F2N5O2/c1-13-8-19(29)28(12-18(22)23)26-20(13)14-2-4-17(5-3-14)25-21(30)27-10-15-6-7-24-9-16(15)11-27/h2-7,9,13,18H,8,10-12H2,1H3,(H,25,30)/t13-/m1/s1. The SMILES string of the molecule is C[C@@H]1CC(=O)N(CC(F)F)N=C1c1ccc(NC(=O)N2Cc3ccncc3C2)cc1. The summed E-state index contributed by atoms with van der Waals surface area (Å²) in [5, 5.41) is 7.86. The number of hydrogen-bond acceptors (Lipinski definition) is 4. The molecule has 3 heterocycles. The van der Waals surface area contributed by atoms with Crippen molar-refractivity contribution in [1.82, 2.24) is 14.9 Å². The minimum Gasteiger partial charge on any atom is -0.316 e. The summed E-state index contributed by atoms with van der Waals surface area (Å²) in [6.45, 7) is 2.17. The zero-order valence-electron chi connectivity index (χ0n) is 16.4. The lowest BCUT2D eigenvalue weighted by atomic mass is 9.93. The van der Waals surface area contributed by atoms with Crippen LogP contribution in [-0.2, 0) is 17.9 Å². The van der Waals surface area contributed by atoms with Crippen LogP contribution in [0.5, 0.6) is 0 Å². The number of pyridine rings is 1. The Balaban J connectivity index is 1.44. The van der Waals surface area contributed by atoms with Gasteiger partial charge in [-0.2, -0.15) is 5.10 Å². The lowest BCUT2D eigenvalue weighted by Crippen LogP contribution is -2.38. The van der Waals surface area contributed by atoms with Crippen molar-refractivity contribution >= 4 is 23.3 Å². The molecule has 9 heteroatoms. The second-order valence-corrected chi connectivity index (χ2v) is 7.47. The van der Waals surface area contributed by atoms with Crippen LogP contribution in [0.25, 0.3) is 0 Å². The number of fused-ring (bicyclic) bond motifs is 1. The number of amides is 3. The van der Waals surface area contributed by atoms with E-state index in [4.69, 9.17) is 0 Å². The van der Waals surface area contributed by atoms with Crippen molar-refractivity contribution < 1.29 is 18.4 Å². The van der Waals surface area contributed by atoms with Gasteiger partial charge in [0.2, 0.25) is 5.91 Å². The maximum Gasteiger partial charge on any atom is 0.322 e. The average molecular weight is 413 g/mol. The highest BCUT2D eigenvalue weighted by atomic mass is 19.3. The molecule has 7 nitrogen and oxygen atoms in total. The minimum absolute atomic E-state index is 0.133. The number of hydrogen-bond donors (Lipinski definition) is 1. The summed E-state index contributed by atoms with van der Waals surface area (Å²) in [7, 11) is 0. The molecule has 2 aliphatic rings. The van der Waals surface area contributed by atoms with Crippen LogP contribution in [0.4, 0.5) is 19.3 Å². The Hall–Kier alpha value is -3.36. The Morgan fingerprint density at radius 3 is 2.63 bits per heavy atom. The summed E-state index contributed by atoms with van der Waals surface area (Å²) >= 11 is 0. The predicted octanol–water partition coefficient (Wildman–Crippen LogP) is 3.47. The number of urea groups is 1. The van der Waals surface area contributed by atoms with Crippen molar-refractivity contribution in [2.45, 2.75) is 32.9 Å². The highest BCUT2D eigenvalue weighted by Gasteiger charge is 2.29. The minimum atomic E-state index is -2.64. The van der Waals surface area contributed by atoms with Gasteiger partial charge in [-0.15, -0.1) is 0 Å². The number of nitrogens with one attached hydrogen (secondary N) is 1. The number of halogens is 2. The molecule has 0 spiro atoms. The Bertz CT molecular complexity index is 968. The molecule has 0 saturated carbocycles. The van der Waals surface area contributed by atoms with Gasteiger partial charge in [-0.25, -0.2) is 18.6 Å². The second kappa shape index (κ2) is 8.17. The van der Waals surface area contributed by atoms with Gasteiger partial charge in [0, 0.05) is 43.5 Å². The molecular weight excluding hydrogens is 392 g/mol. The fraction of sp³-hybridized carbons (Fsp3) is 0.333. The van der Waals surface area contributed by atoms with E-state index in [2.05, 4.69) is 15.4 Å². The van der Waals surface area contributed by atoms with E-state index >= 15 is 0 Å². The summed E-state index contributed by atoms with van der Waals surface area (Å²) in [4.78, 5) is 30.3. The highest BCUT2D eigenvalue weighted by molar-refractivity contribution is 6.06. The Morgan fingerprint density at radius 1 is 1.20 bits per heavy atom. The molecule has 3 amide bonds. The topological polar surface area (TPSA) is 77.9 Å². The van der Waals surface area contributed by atoms with Crippen molar-refractivity contribution in [2.24, 2.45) is 11.0 Å². The summed E-state index contributed by atoms with van der Waals surface area (Å²) < 4.78 is 25.4. The summed E-state index contributed by atoms with van der Waals surface area (Å²) in [5.74, 6) is -0.583. The number of hydrazone groups is 1. The molecule has 0 bridgehead atoms. The van der Waals surface area contributed by atoms with E-state index < -0.39 is 18.9 Å². The van der Waals surface area contributed by atoms with Crippen LogP contribution in [0.15, 0.2) is 47.8 Å². The van der Waals surface area contributed by atoms with Gasteiger partial charge in [0.15, 0.2) is 0 Å². The van der Waals surface area contributed by atoms with Crippen LogP contribution < -0.4 is 5.32 Å². The fourth-order valence-corrected chi connectivity index (χ4v) is 3.65. The number of anilines is 1. The van der Waals surface area contributed by atoms with Gasteiger partial charge in [-0.3, -0.25) is 9.78 Å². The van der Waals surface area contributed by atoms with Gasteiger partial charge < -0.3 is 10.2 Å². The normalized spacial score (nSPS) is 18.5. The zero-order chi connectivity index (χ0) is 21.3. The number of carbonyl (C=O) groups is 2. The Morgan fingerprint density at radius 2 is 1.93 bits per heavy atom. The molecule has 0 saturated heterocycles. The highest BCUT2D eigenvalue weighted by Crippen LogP contribution is 2.24. The molecule has 0 aliphatic carbocycles. The average Bonchev–Trinajstić information content (AvgIpc) is 3.15. The molecule has 0 unspecified atom stereocenters. The second-order valence-electron chi connectivity index (χ2n) is 7.47. The molecule has 1 atom stereocenters. The summed E-state index contributed by atoms with van der Waals surface area (Å²) in [6, 6.07) is 8.71. The third kappa shape index (κ3) is 4.14. The molecule has 1 aromatic carbocycles. The Kier molecular flexibility index (Phi) is 5.43. The lowest BCUT2D eigenvalue weighted by molar-refractivity contribution is -0.134. The van der Waals surface area contributed by atoms with Gasteiger partial charge in [0.25, 0.3) is 6.43 Å². The zero-order valence-corrected chi connectivity index (χ0v) is 16.4. The maximum absolute atomic E-state index is 12.7. The molecule has 1 N–H and O–H groups in total. The van der Waals surface area contributed by atoms with Crippen molar-refractivity contribution in [3.8, 4) is 0 Å². The first-order chi connectivity index (χ1) is 14.4. The van der Waals surface area contributed by atoms with Crippen LogP contribution in [0.1, 0.15) is 30.0 Å². The smallest absolute Gasteiger partial charge is 0.316 e. The summed E-state index contributed by atoms with van der Waals surface area (Å²) in [5.41, 5.74) is 4.04. The van der Waals surface area contributed by atoms with Crippen LogP contribution in [-0.4, -0.2) is 45.5 Å². The maximum atomic E-state index is 12.7. The first-order valence-electron chi connectivity index (χ1n) is 9.66. The van der Waals surface area contributed by atoms with Gasteiger partial charge in [0.05, 0.1) is 5.71 Å². The number of benzene rings is 1. The van der Waals surface area contributed by atoms with E-state index in [1.807, 2.05) is 13.0 Å². The van der Waals surface area contributed by atoms with Crippen molar-refractivity contribution in [3.05, 3.63) is 59.4 Å². The molecule has 30 heavy (non-hydrogen) atoms. The van der Waals surface area contributed by atoms with Gasteiger partial charge >= 0.3 is 6.03 Å². The summed E-state index contributed by atoms with van der Waals surface area (Å²) in [6.07, 6.45) is 0.974. The third-order valence-corrected chi connectivity index (χ3v) is 5.22. The quantitative estimate of drug-likeness (QED) is 0.834. The molecular formula is C21H21F2N5O2. The first kappa shape index (κ1) is 19.9. The van der Waals surface area contributed by atoms with Crippen LogP contribution in [0.3, 0.4) is 0 Å². The van der Waals surface area contributed by atoms with E-state index in [0.717, 1.165) is 21.7 Å². The van der Waals surface area contributed by atoms with Crippen molar-refractivity contribution in [1.29, 1.82) is 0 Å². The number of alkyl halides is 2. The predicted molar refractivity (Wildman–Crippen MR) is 107 cm³/mol. The lowest BCUT2D eigenvalue weighted by Gasteiger charge is -2.27. The van der Waals surface area contributed by atoms with E-state index in [1.165, 1.54) is 0 Å². The van der Waals surface area contributed by atoms with E-state index in [1.54, 1.807) is 41.6 Å². The number of nitrogens with zero attached hydrogens (tertiary/aromatic N) is 4. The number of aromatic nitrogens is 1. The van der Waals surface area contributed by atoms with Crippen molar-refractivity contribution in [3.63, 3.8) is 0 Å². The first-order valence-corrected chi connectivity index (χ1v) is 9.66. The van der Waals surface area contributed by atoms with E-state index in [0.29, 0.717) is 24.5 Å². The van der Waals surface area contributed by atoms with Gasteiger partial charge in [-0.1, -0.05) is 19.1 Å². The van der Waals surface area contributed by atoms with Crippen molar-refractivity contribution in [2.75, 3.05) is 11.9 Å². The fourth-order valence-electron chi connectivity index (χ4n) is 3.65. The number of rotatable bonds is 4. The van der Waals surface area contributed by atoms with Gasteiger partial charge in [-0.05, 0) is 34.9 Å². The molecule has 0 fully saturated rings. The number of carbonyl (C=O) groups excluding carboxylic acids is 2. The molecule has 0 radical (unpaired) electrons. The van der Waals surface area contributed by atoms with Gasteiger partial charge in [0.1, 0.15) is 6.54 Å². The molecule has 4 rings (SSSR count). The molecule has 1 aromatic heterocycles. The van der Waals surface area contributed by atoms with Crippen LogP contribution in [0.2, 0.25) is 0 Å². The monoisotopic (exact) mass is 413 g/mol. The van der Waals surface area contributed by atoms with E-state index in [9.17, 15) is 18.4 Å². The molecule has 2 aliphatic heterocycles. The Labute approximate surface area is 172 Å². The molecule has 2 aromatic rings. The molecule has 156 valence electrons. The van der Waals surface area contributed by atoms with Crippen LogP contribution in [0, 0.1) is 5.92 Å². The van der Waals surface area contributed by atoms with E-state index in [-0.39, 0.29) is 18.4 Å². The van der Waals surface area contributed by atoms with Crippen LogP contribution >= 0.6 is 0 Å². The third-order valence-electron chi connectivity index (χ3n) is 5.22. The largest absolute Gasteiger partial charge is 0.322 e.